The van der Waals surface area contributed by atoms with Gasteiger partial charge in [-0.1, -0.05) is 54.5 Å². The highest BCUT2D eigenvalue weighted by Crippen LogP contribution is 2.44. The predicted octanol–water partition coefficient (Wildman–Crippen LogP) is 4.52. The Morgan fingerprint density at radius 1 is 1.03 bits per heavy atom. The summed E-state index contributed by atoms with van der Waals surface area (Å²) in [4.78, 5) is 20.3. The van der Waals surface area contributed by atoms with Crippen molar-refractivity contribution < 1.29 is 9.53 Å². The Hall–Kier alpha value is -3.17. The predicted molar refractivity (Wildman–Crippen MR) is 114 cm³/mol. The minimum Gasteiger partial charge on any atom is -0.449 e. The molecular formula is C23H18BrN3O2. The van der Waals surface area contributed by atoms with E-state index in [-0.39, 0.29) is 5.92 Å². The zero-order chi connectivity index (χ0) is 20.1. The van der Waals surface area contributed by atoms with E-state index in [9.17, 15) is 4.79 Å². The molecule has 1 aromatic heterocycles. The van der Waals surface area contributed by atoms with Gasteiger partial charge in [0, 0.05) is 18.9 Å². The van der Waals surface area contributed by atoms with Crippen molar-refractivity contribution in [2.45, 2.75) is 12.3 Å². The number of halogens is 1. The molecule has 0 atom stereocenters. The van der Waals surface area contributed by atoms with E-state index in [2.05, 4.69) is 67.3 Å². The normalized spacial score (nSPS) is 11.8. The zero-order valence-corrected chi connectivity index (χ0v) is 17.1. The molecule has 1 amide bonds. The van der Waals surface area contributed by atoms with E-state index in [0.717, 1.165) is 0 Å². The van der Waals surface area contributed by atoms with Crippen LogP contribution in [0, 0.1) is 11.8 Å². The van der Waals surface area contributed by atoms with Gasteiger partial charge >= 0.3 is 6.09 Å². The first-order valence-corrected chi connectivity index (χ1v) is 10.1. The average Bonchev–Trinajstić information content (AvgIpc) is 3.07. The van der Waals surface area contributed by atoms with Crippen LogP contribution in [0.25, 0.3) is 11.1 Å². The molecule has 0 unspecified atom stereocenters. The lowest BCUT2D eigenvalue weighted by Crippen LogP contribution is -2.26. The van der Waals surface area contributed by atoms with Crippen LogP contribution in [0.4, 0.5) is 4.79 Å². The van der Waals surface area contributed by atoms with Crippen LogP contribution < -0.4 is 5.32 Å². The van der Waals surface area contributed by atoms with Crippen molar-refractivity contribution in [3.05, 3.63) is 82.3 Å². The molecule has 0 saturated heterocycles. The molecule has 0 aliphatic heterocycles. The molecule has 6 heteroatoms. The number of carbonyl (C=O) groups is 1. The highest BCUT2D eigenvalue weighted by Gasteiger charge is 2.28. The molecule has 0 spiro atoms. The summed E-state index contributed by atoms with van der Waals surface area (Å²) in [5, 5.41) is 2.74. The Balaban J connectivity index is 1.29. The van der Waals surface area contributed by atoms with Crippen LogP contribution >= 0.6 is 15.9 Å². The third-order valence-electron chi connectivity index (χ3n) is 4.70. The second kappa shape index (κ2) is 8.89. The number of fused-ring (bicyclic) bond motifs is 3. The number of hydrogen-bond acceptors (Lipinski definition) is 4. The third-order valence-corrected chi connectivity index (χ3v) is 5.11. The number of alkyl carbamates (subject to hydrolysis) is 1. The number of aromatic nitrogens is 2. The molecule has 0 bridgehead atoms. The van der Waals surface area contributed by atoms with Gasteiger partial charge in [0.05, 0.1) is 12.4 Å². The molecule has 144 valence electrons. The summed E-state index contributed by atoms with van der Waals surface area (Å²) < 4.78 is 6.16. The standard InChI is InChI=1S/C23H18BrN3O2/c24-22-14-26-16(13-27-22)7-5-6-12-25-23(28)29-15-21-19-10-3-1-8-17(19)18-9-2-4-11-20(18)21/h1-4,8-11,13-14,21H,6,12,15H2,(H,25,28). The molecule has 1 N–H and O–H groups in total. The topological polar surface area (TPSA) is 64.1 Å². The van der Waals surface area contributed by atoms with Gasteiger partial charge in [0.2, 0.25) is 0 Å². The zero-order valence-electron chi connectivity index (χ0n) is 15.6. The second-order valence-corrected chi connectivity index (χ2v) is 7.34. The maximum absolute atomic E-state index is 12.1. The first-order chi connectivity index (χ1) is 14.2. The molecule has 0 fully saturated rings. The first kappa shape index (κ1) is 19.2. The van der Waals surface area contributed by atoms with E-state index >= 15 is 0 Å². The Morgan fingerprint density at radius 2 is 1.72 bits per heavy atom. The monoisotopic (exact) mass is 447 g/mol. The van der Waals surface area contributed by atoms with Gasteiger partial charge in [-0.15, -0.1) is 0 Å². The van der Waals surface area contributed by atoms with E-state index in [1.807, 2.05) is 24.3 Å². The van der Waals surface area contributed by atoms with Crippen LogP contribution in [0.3, 0.4) is 0 Å². The number of nitrogens with one attached hydrogen (secondary N) is 1. The SMILES string of the molecule is O=C(NCCC#Cc1cnc(Br)cn1)OCC1c2ccccc2-c2ccccc21. The molecule has 1 heterocycles. The molecule has 1 aliphatic rings. The van der Waals surface area contributed by atoms with Crippen molar-refractivity contribution in [3.63, 3.8) is 0 Å². The van der Waals surface area contributed by atoms with Gasteiger partial charge in [0.25, 0.3) is 0 Å². The van der Waals surface area contributed by atoms with Crippen molar-refractivity contribution in [2.75, 3.05) is 13.2 Å². The molecule has 4 rings (SSSR count). The largest absolute Gasteiger partial charge is 0.449 e. The second-order valence-electron chi connectivity index (χ2n) is 6.53. The van der Waals surface area contributed by atoms with Crippen LogP contribution in [-0.4, -0.2) is 29.2 Å². The molecule has 3 aromatic rings. The summed E-state index contributed by atoms with van der Waals surface area (Å²) in [5.74, 6) is 5.93. The molecule has 2 aromatic carbocycles. The summed E-state index contributed by atoms with van der Waals surface area (Å²) in [5.41, 5.74) is 5.41. The van der Waals surface area contributed by atoms with E-state index in [1.165, 1.54) is 22.3 Å². The van der Waals surface area contributed by atoms with Crippen LogP contribution in [-0.2, 0) is 4.74 Å². The quantitative estimate of drug-likeness (QED) is 0.471. The first-order valence-electron chi connectivity index (χ1n) is 9.27. The summed E-state index contributed by atoms with van der Waals surface area (Å²) in [6.07, 6.45) is 3.26. The lowest BCUT2D eigenvalue weighted by atomic mass is 9.98. The fourth-order valence-electron chi connectivity index (χ4n) is 3.41. The number of amides is 1. The van der Waals surface area contributed by atoms with Crippen LogP contribution in [0.5, 0.6) is 0 Å². The highest BCUT2D eigenvalue weighted by molar-refractivity contribution is 9.10. The summed E-state index contributed by atoms with van der Waals surface area (Å²) >= 11 is 3.23. The number of benzene rings is 2. The maximum Gasteiger partial charge on any atom is 0.407 e. The maximum atomic E-state index is 12.1. The Kier molecular flexibility index (Phi) is 5.87. The van der Waals surface area contributed by atoms with Crippen molar-refractivity contribution in [1.29, 1.82) is 0 Å². The highest BCUT2D eigenvalue weighted by atomic mass is 79.9. The number of rotatable bonds is 4. The number of carbonyl (C=O) groups excluding carboxylic acids is 1. The van der Waals surface area contributed by atoms with Gasteiger partial charge in [-0.2, -0.15) is 0 Å². The van der Waals surface area contributed by atoms with Gasteiger partial charge in [-0.05, 0) is 44.1 Å². The fraction of sp³-hybridized carbons (Fsp3) is 0.174. The van der Waals surface area contributed by atoms with Gasteiger partial charge in [0.1, 0.15) is 16.9 Å². The van der Waals surface area contributed by atoms with Gasteiger partial charge in [-0.3, -0.25) is 0 Å². The minimum absolute atomic E-state index is 0.0592. The van der Waals surface area contributed by atoms with Crippen molar-refractivity contribution >= 4 is 22.0 Å². The Bertz CT molecular complexity index is 1040. The third kappa shape index (κ3) is 4.47. The summed E-state index contributed by atoms with van der Waals surface area (Å²) in [7, 11) is 0. The molecule has 29 heavy (non-hydrogen) atoms. The van der Waals surface area contributed by atoms with Crippen molar-refractivity contribution in [3.8, 4) is 23.0 Å². The molecule has 0 radical (unpaired) electrons. The summed E-state index contributed by atoms with van der Waals surface area (Å²) in [6.45, 7) is 0.716. The minimum atomic E-state index is -0.433. The lowest BCUT2D eigenvalue weighted by Gasteiger charge is -2.14. The van der Waals surface area contributed by atoms with Crippen LogP contribution in [0.1, 0.15) is 29.2 Å². The Morgan fingerprint density at radius 3 is 2.38 bits per heavy atom. The molecule has 0 saturated carbocycles. The lowest BCUT2D eigenvalue weighted by molar-refractivity contribution is 0.143. The molecule has 1 aliphatic carbocycles. The van der Waals surface area contributed by atoms with E-state index in [4.69, 9.17) is 4.74 Å². The number of ether oxygens (including phenoxy) is 1. The van der Waals surface area contributed by atoms with Gasteiger partial charge in [0.15, 0.2) is 0 Å². The van der Waals surface area contributed by atoms with E-state index < -0.39 is 6.09 Å². The average molecular weight is 448 g/mol. The van der Waals surface area contributed by atoms with Gasteiger partial charge < -0.3 is 10.1 Å². The van der Waals surface area contributed by atoms with Gasteiger partial charge in [-0.25, -0.2) is 14.8 Å². The van der Waals surface area contributed by atoms with E-state index in [0.29, 0.717) is 29.9 Å². The summed E-state index contributed by atoms with van der Waals surface area (Å²) in [6, 6.07) is 16.5. The smallest absolute Gasteiger partial charge is 0.407 e. The van der Waals surface area contributed by atoms with Crippen LogP contribution in [0.15, 0.2) is 65.5 Å². The number of hydrogen-bond donors (Lipinski definition) is 1. The van der Waals surface area contributed by atoms with E-state index in [1.54, 1.807) is 12.4 Å². The van der Waals surface area contributed by atoms with Crippen molar-refractivity contribution in [1.82, 2.24) is 15.3 Å². The van der Waals surface area contributed by atoms with Crippen LogP contribution in [0.2, 0.25) is 0 Å². The fourth-order valence-corrected chi connectivity index (χ4v) is 3.61. The molecule has 5 nitrogen and oxygen atoms in total. The number of nitrogens with zero attached hydrogens (tertiary/aromatic N) is 2. The van der Waals surface area contributed by atoms with Crippen molar-refractivity contribution in [2.24, 2.45) is 0 Å². The molecular weight excluding hydrogens is 430 g/mol. The Labute approximate surface area is 177 Å².